The molecule has 0 aliphatic heterocycles. The maximum Gasteiger partial charge on any atom is 0.243 e. The molecule has 0 unspecified atom stereocenters. The van der Waals surface area contributed by atoms with Crippen LogP contribution in [0.1, 0.15) is 50.3 Å². The van der Waals surface area contributed by atoms with E-state index in [2.05, 4.69) is 5.32 Å². The minimum absolute atomic E-state index is 0.0631. The molecule has 2 aromatic rings. The molecule has 5 nitrogen and oxygen atoms in total. The van der Waals surface area contributed by atoms with Gasteiger partial charge >= 0.3 is 0 Å². The maximum atomic E-state index is 13.3. The predicted octanol–water partition coefficient (Wildman–Crippen LogP) is 4.27. The second kappa shape index (κ2) is 11.4. The van der Waals surface area contributed by atoms with E-state index in [1.807, 2.05) is 76.2 Å². The molecule has 162 valence electrons. The van der Waals surface area contributed by atoms with E-state index in [9.17, 15) is 9.59 Å². The first-order chi connectivity index (χ1) is 14.4. The van der Waals surface area contributed by atoms with Gasteiger partial charge in [0.15, 0.2) is 0 Å². The Kier molecular flexibility index (Phi) is 8.90. The van der Waals surface area contributed by atoms with Crippen LogP contribution in [0.3, 0.4) is 0 Å². The van der Waals surface area contributed by atoms with Gasteiger partial charge in [-0.05, 0) is 49.9 Å². The highest BCUT2D eigenvalue weighted by Crippen LogP contribution is 2.17. The predicted molar refractivity (Wildman–Crippen MR) is 120 cm³/mol. The van der Waals surface area contributed by atoms with Crippen molar-refractivity contribution in [1.82, 2.24) is 10.2 Å². The molecule has 0 saturated carbocycles. The summed E-state index contributed by atoms with van der Waals surface area (Å²) in [5.74, 6) is 0.594. The molecule has 0 heterocycles. The normalized spacial score (nSPS) is 12.7. The molecule has 2 aromatic carbocycles. The van der Waals surface area contributed by atoms with Gasteiger partial charge in [0, 0.05) is 12.6 Å². The van der Waals surface area contributed by atoms with E-state index < -0.39 is 6.04 Å². The lowest BCUT2D eigenvalue weighted by Crippen LogP contribution is -2.51. The van der Waals surface area contributed by atoms with Crippen LogP contribution in [0.2, 0.25) is 0 Å². The van der Waals surface area contributed by atoms with Crippen LogP contribution in [-0.4, -0.2) is 35.9 Å². The largest absolute Gasteiger partial charge is 0.497 e. The van der Waals surface area contributed by atoms with E-state index in [4.69, 9.17) is 4.74 Å². The van der Waals surface area contributed by atoms with Crippen molar-refractivity contribution in [2.24, 2.45) is 0 Å². The average Bonchev–Trinajstić information content (AvgIpc) is 2.75. The van der Waals surface area contributed by atoms with Crippen LogP contribution in [-0.2, 0) is 22.6 Å². The highest BCUT2D eigenvalue weighted by atomic mass is 16.5. The number of aryl methyl sites for hydroxylation is 1. The number of benzene rings is 2. The van der Waals surface area contributed by atoms with Crippen molar-refractivity contribution in [1.29, 1.82) is 0 Å². The molecule has 0 aliphatic rings. The van der Waals surface area contributed by atoms with Crippen molar-refractivity contribution in [3.05, 3.63) is 65.2 Å². The highest BCUT2D eigenvalue weighted by Gasteiger charge is 2.29. The van der Waals surface area contributed by atoms with Crippen molar-refractivity contribution in [2.75, 3.05) is 7.11 Å². The Morgan fingerprint density at radius 2 is 1.57 bits per heavy atom. The Morgan fingerprint density at radius 1 is 0.967 bits per heavy atom. The summed E-state index contributed by atoms with van der Waals surface area (Å²) >= 11 is 0. The molecule has 2 amide bonds. The smallest absolute Gasteiger partial charge is 0.243 e. The molecule has 2 atom stereocenters. The van der Waals surface area contributed by atoms with E-state index in [-0.39, 0.29) is 24.3 Å². The Balaban J connectivity index is 2.26. The van der Waals surface area contributed by atoms with Crippen LogP contribution in [0.25, 0.3) is 0 Å². The number of rotatable bonds is 10. The maximum absolute atomic E-state index is 13.3. The molecule has 5 heteroatoms. The Hall–Kier alpha value is -2.82. The summed E-state index contributed by atoms with van der Waals surface area (Å²) in [5.41, 5.74) is 3.07. The van der Waals surface area contributed by atoms with Gasteiger partial charge in [-0.1, -0.05) is 55.8 Å². The van der Waals surface area contributed by atoms with Crippen LogP contribution < -0.4 is 10.1 Å². The van der Waals surface area contributed by atoms with E-state index in [0.29, 0.717) is 13.0 Å². The molecule has 2 rings (SSSR count). The number of carbonyl (C=O) groups excluding carboxylic acids is 2. The molecule has 0 radical (unpaired) electrons. The first kappa shape index (κ1) is 23.5. The molecule has 0 aromatic heterocycles. The fraction of sp³-hybridized carbons (Fsp3) is 0.440. The summed E-state index contributed by atoms with van der Waals surface area (Å²) < 4.78 is 5.20. The lowest BCUT2D eigenvalue weighted by Gasteiger charge is -2.31. The number of hydrogen-bond acceptors (Lipinski definition) is 3. The topological polar surface area (TPSA) is 58.6 Å². The van der Waals surface area contributed by atoms with E-state index >= 15 is 0 Å². The number of nitrogens with one attached hydrogen (secondary N) is 1. The second-order valence-corrected chi connectivity index (χ2v) is 7.77. The van der Waals surface area contributed by atoms with Crippen molar-refractivity contribution < 1.29 is 14.3 Å². The van der Waals surface area contributed by atoms with Crippen LogP contribution in [0, 0.1) is 6.92 Å². The third kappa shape index (κ3) is 6.61. The number of hydrogen-bond donors (Lipinski definition) is 1. The molecular formula is C25H34N2O3. The Labute approximate surface area is 180 Å². The molecule has 30 heavy (non-hydrogen) atoms. The van der Waals surface area contributed by atoms with Gasteiger partial charge in [0.05, 0.1) is 13.5 Å². The number of ether oxygens (including phenoxy) is 1. The van der Waals surface area contributed by atoms with Gasteiger partial charge < -0.3 is 15.0 Å². The van der Waals surface area contributed by atoms with E-state index in [1.54, 1.807) is 12.0 Å². The standard InChI is InChI=1S/C25H34N2O3/c1-6-19(4)26-25(29)23(7-2)27(17-21-10-8-18(3)9-11-21)24(28)16-20-12-14-22(30-5)15-13-20/h8-15,19,23H,6-7,16-17H2,1-5H3,(H,26,29)/t19-,23-/m0/s1. The lowest BCUT2D eigenvalue weighted by molar-refractivity contribution is -0.141. The average molecular weight is 411 g/mol. The van der Waals surface area contributed by atoms with Gasteiger partial charge in [0.25, 0.3) is 0 Å². The zero-order valence-corrected chi connectivity index (χ0v) is 18.8. The van der Waals surface area contributed by atoms with Gasteiger partial charge in [0.1, 0.15) is 11.8 Å². The monoisotopic (exact) mass is 410 g/mol. The van der Waals surface area contributed by atoms with Gasteiger partial charge in [-0.3, -0.25) is 9.59 Å². The molecule has 0 saturated heterocycles. The van der Waals surface area contributed by atoms with Gasteiger partial charge in [-0.2, -0.15) is 0 Å². The first-order valence-corrected chi connectivity index (χ1v) is 10.7. The van der Waals surface area contributed by atoms with Gasteiger partial charge in [-0.15, -0.1) is 0 Å². The summed E-state index contributed by atoms with van der Waals surface area (Å²) in [6.45, 7) is 8.40. The Bertz CT molecular complexity index is 815. The Morgan fingerprint density at radius 3 is 2.10 bits per heavy atom. The highest BCUT2D eigenvalue weighted by molar-refractivity contribution is 5.88. The van der Waals surface area contributed by atoms with Crippen LogP contribution in [0.5, 0.6) is 5.75 Å². The summed E-state index contributed by atoms with van der Waals surface area (Å²) in [6, 6.07) is 15.1. The van der Waals surface area contributed by atoms with Crippen LogP contribution in [0.4, 0.5) is 0 Å². The number of amides is 2. The molecule has 1 N–H and O–H groups in total. The number of carbonyl (C=O) groups is 2. The van der Waals surface area contributed by atoms with Crippen molar-refractivity contribution >= 4 is 11.8 Å². The van der Waals surface area contributed by atoms with Crippen molar-refractivity contribution in [3.8, 4) is 5.75 Å². The minimum atomic E-state index is -0.508. The quantitative estimate of drug-likeness (QED) is 0.636. The SMILES string of the molecule is CC[C@H](C)NC(=O)[C@H](CC)N(Cc1ccc(C)cc1)C(=O)Cc1ccc(OC)cc1. The van der Waals surface area contributed by atoms with Gasteiger partial charge in [0.2, 0.25) is 11.8 Å². The molecular weight excluding hydrogens is 376 g/mol. The van der Waals surface area contributed by atoms with Gasteiger partial charge in [-0.25, -0.2) is 0 Å². The zero-order valence-electron chi connectivity index (χ0n) is 18.8. The fourth-order valence-electron chi connectivity index (χ4n) is 3.27. The summed E-state index contributed by atoms with van der Waals surface area (Å²) in [7, 11) is 1.62. The van der Waals surface area contributed by atoms with Crippen LogP contribution in [0.15, 0.2) is 48.5 Å². The molecule has 0 aliphatic carbocycles. The van der Waals surface area contributed by atoms with Crippen LogP contribution >= 0.6 is 0 Å². The summed E-state index contributed by atoms with van der Waals surface area (Å²) in [6.07, 6.45) is 1.64. The second-order valence-electron chi connectivity index (χ2n) is 7.77. The summed E-state index contributed by atoms with van der Waals surface area (Å²) in [5, 5.41) is 3.04. The minimum Gasteiger partial charge on any atom is -0.497 e. The molecule has 0 spiro atoms. The summed E-state index contributed by atoms with van der Waals surface area (Å²) in [4.78, 5) is 28.0. The fourth-order valence-corrected chi connectivity index (χ4v) is 3.27. The third-order valence-corrected chi connectivity index (χ3v) is 5.37. The van der Waals surface area contributed by atoms with Crippen molar-refractivity contribution in [3.63, 3.8) is 0 Å². The lowest BCUT2D eigenvalue weighted by atomic mass is 10.1. The number of methoxy groups -OCH3 is 1. The third-order valence-electron chi connectivity index (χ3n) is 5.37. The zero-order chi connectivity index (χ0) is 22.1. The van der Waals surface area contributed by atoms with Crippen molar-refractivity contribution in [2.45, 2.75) is 65.6 Å². The molecule has 0 bridgehead atoms. The van der Waals surface area contributed by atoms with E-state index in [1.165, 1.54) is 0 Å². The number of nitrogens with zero attached hydrogens (tertiary/aromatic N) is 1. The van der Waals surface area contributed by atoms with E-state index in [0.717, 1.165) is 28.9 Å². The first-order valence-electron chi connectivity index (χ1n) is 10.7. The molecule has 0 fully saturated rings.